The number of ether oxygens (including phenoxy) is 1. The van der Waals surface area contributed by atoms with Crippen LogP contribution in [-0.2, 0) is 14.3 Å². The molecule has 1 aliphatic rings. The predicted molar refractivity (Wildman–Crippen MR) is 85.1 cm³/mol. The van der Waals surface area contributed by atoms with Gasteiger partial charge in [-0.05, 0) is 37.1 Å². The van der Waals surface area contributed by atoms with Gasteiger partial charge in [0.15, 0.2) is 0 Å². The van der Waals surface area contributed by atoms with Gasteiger partial charge in [-0.2, -0.15) is 0 Å². The molecule has 2 N–H and O–H groups in total. The van der Waals surface area contributed by atoms with Crippen LogP contribution in [0.2, 0.25) is 0 Å². The molecule has 0 heterocycles. The third-order valence-electron chi connectivity index (χ3n) is 3.50. The lowest BCUT2D eigenvalue weighted by Gasteiger charge is -2.17. The van der Waals surface area contributed by atoms with E-state index in [4.69, 9.17) is 0 Å². The molecule has 0 aromatic heterocycles. The number of nitrogens with zero attached hydrogens (tertiary/aromatic N) is 1. The zero-order valence-corrected chi connectivity index (χ0v) is 13.3. The first-order valence-corrected chi connectivity index (χ1v) is 7.45. The largest absolute Gasteiger partial charge is 0.465 e. The van der Waals surface area contributed by atoms with Crippen LogP contribution >= 0.6 is 0 Å². The molecule has 0 unspecified atom stereocenters. The van der Waals surface area contributed by atoms with E-state index in [1.807, 2.05) is 0 Å². The van der Waals surface area contributed by atoms with Crippen molar-refractivity contribution in [3.8, 4) is 0 Å². The van der Waals surface area contributed by atoms with Crippen LogP contribution in [0.15, 0.2) is 24.3 Å². The minimum atomic E-state index is -0.408. The Labute approximate surface area is 135 Å². The van der Waals surface area contributed by atoms with Gasteiger partial charge in [0, 0.05) is 18.8 Å². The van der Waals surface area contributed by atoms with Gasteiger partial charge in [-0.15, -0.1) is 0 Å². The molecule has 0 spiro atoms. The molecule has 0 radical (unpaired) electrons. The van der Waals surface area contributed by atoms with E-state index in [-0.39, 0.29) is 30.9 Å². The average Bonchev–Trinajstić information content (AvgIpc) is 3.35. The number of anilines is 1. The van der Waals surface area contributed by atoms with Crippen LogP contribution in [0, 0.1) is 0 Å². The quantitative estimate of drug-likeness (QED) is 0.720. The molecular weight excluding hydrogens is 298 g/mol. The van der Waals surface area contributed by atoms with Gasteiger partial charge in [-0.25, -0.2) is 4.79 Å². The molecule has 2 amide bonds. The summed E-state index contributed by atoms with van der Waals surface area (Å²) >= 11 is 0. The van der Waals surface area contributed by atoms with Crippen LogP contribution in [0.3, 0.4) is 0 Å². The lowest BCUT2D eigenvalue weighted by Crippen LogP contribution is -2.41. The van der Waals surface area contributed by atoms with Crippen LogP contribution in [0.25, 0.3) is 0 Å². The van der Waals surface area contributed by atoms with Crippen molar-refractivity contribution >= 4 is 23.5 Å². The Balaban J connectivity index is 1.76. The average molecular weight is 319 g/mol. The van der Waals surface area contributed by atoms with Crippen molar-refractivity contribution in [3.63, 3.8) is 0 Å². The maximum Gasteiger partial charge on any atom is 0.337 e. The maximum absolute atomic E-state index is 12.0. The number of carbonyl (C=O) groups excluding carboxylic acids is 3. The molecule has 1 fully saturated rings. The molecule has 0 bridgehead atoms. The number of carbonyl (C=O) groups is 3. The second kappa shape index (κ2) is 7.62. The molecule has 1 aromatic rings. The van der Waals surface area contributed by atoms with Crippen molar-refractivity contribution in [1.82, 2.24) is 10.2 Å². The number of benzene rings is 1. The van der Waals surface area contributed by atoms with Gasteiger partial charge < -0.3 is 20.3 Å². The number of likely N-dealkylation sites (N-methyl/N-ethyl adjacent to an activating group) is 1. The molecular formula is C16H21N3O4. The standard InChI is InChI=1S/C16H21N3O4/c1-19(10-14(20)18-13-7-8-13)15(21)9-17-12-5-3-11(4-6-12)16(22)23-2/h3-6,13,17H,7-10H2,1-2H3,(H,18,20). The summed E-state index contributed by atoms with van der Waals surface area (Å²) in [5.41, 5.74) is 1.15. The lowest BCUT2D eigenvalue weighted by atomic mass is 10.2. The monoisotopic (exact) mass is 319 g/mol. The van der Waals surface area contributed by atoms with Crippen molar-refractivity contribution in [3.05, 3.63) is 29.8 Å². The Morgan fingerprint density at radius 3 is 2.43 bits per heavy atom. The Morgan fingerprint density at radius 1 is 1.22 bits per heavy atom. The van der Waals surface area contributed by atoms with Gasteiger partial charge in [-0.3, -0.25) is 9.59 Å². The number of hydrogen-bond donors (Lipinski definition) is 2. The Bertz CT molecular complexity index is 581. The van der Waals surface area contributed by atoms with E-state index in [9.17, 15) is 14.4 Å². The molecule has 2 rings (SSSR count). The highest BCUT2D eigenvalue weighted by Crippen LogP contribution is 2.18. The lowest BCUT2D eigenvalue weighted by molar-refractivity contribution is -0.133. The first-order chi connectivity index (χ1) is 11.0. The molecule has 1 aromatic carbocycles. The van der Waals surface area contributed by atoms with E-state index < -0.39 is 5.97 Å². The zero-order valence-electron chi connectivity index (χ0n) is 13.3. The van der Waals surface area contributed by atoms with E-state index in [1.165, 1.54) is 12.0 Å². The van der Waals surface area contributed by atoms with Crippen LogP contribution in [0.4, 0.5) is 5.69 Å². The molecule has 0 atom stereocenters. The fourth-order valence-corrected chi connectivity index (χ4v) is 1.96. The second-order valence-corrected chi connectivity index (χ2v) is 5.51. The summed E-state index contributed by atoms with van der Waals surface area (Å²) in [6.07, 6.45) is 2.04. The number of rotatable bonds is 7. The summed E-state index contributed by atoms with van der Waals surface area (Å²) in [5, 5.41) is 5.80. The Kier molecular flexibility index (Phi) is 5.56. The van der Waals surface area contributed by atoms with E-state index in [0.717, 1.165) is 12.8 Å². The van der Waals surface area contributed by atoms with Crippen molar-refractivity contribution < 1.29 is 19.1 Å². The van der Waals surface area contributed by atoms with Gasteiger partial charge in [0.05, 0.1) is 25.8 Å². The molecule has 7 heteroatoms. The summed E-state index contributed by atoms with van der Waals surface area (Å²) < 4.78 is 4.62. The minimum Gasteiger partial charge on any atom is -0.465 e. The molecule has 23 heavy (non-hydrogen) atoms. The molecule has 1 saturated carbocycles. The minimum absolute atomic E-state index is 0.0539. The SMILES string of the molecule is COC(=O)c1ccc(NCC(=O)N(C)CC(=O)NC2CC2)cc1. The number of nitrogens with one attached hydrogen (secondary N) is 2. The predicted octanol–water partition coefficient (Wildman–Crippen LogP) is 0.622. The van der Waals surface area contributed by atoms with E-state index in [2.05, 4.69) is 15.4 Å². The number of amides is 2. The molecule has 1 aliphatic carbocycles. The van der Waals surface area contributed by atoms with Crippen LogP contribution < -0.4 is 10.6 Å². The smallest absolute Gasteiger partial charge is 0.337 e. The van der Waals surface area contributed by atoms with Gasteiger partial charge in [0.25, 0.3) is 0 Å². The fraction of sp³-hybridized carbons (Fsp3) is 0.438. The van der Waals surface area contributed by atoms with Crippen LogP contribution in [0.5, 0.6) is 0 Å². The van der Waals surface area contributed by atoms with Crippen LogP contribution in [0.1, 0.15) is 23.2 Å². The molecule has 124 valence electrons. The van der Waals surface area contributed by atoms with Crippen LogP contribution in [-0.4, -0.2) is 56.0 Å². The Hall–Kier alpha value is -2.57. The third kappa shape index (κ3) is 5.28. The highest BCUT2D eigenvalue weighted by molar-refractivity contribution is 5.90. The normalized spacial score (nSPS) is 13.1. The van der Waals surface area contributed by atoms with E-state index >= 15 is 0 Å². The summed E-state index contributed by atoms with van der Waals surface area (Å²) in [6.45, 7) is 0.128. The fourth-order valence-electron chi connectivity index (χ4n) is 1.96. The summed E-state index contributed by atoms with van der Waals surface area (Å²) in [6, 6.07) is 6.91. The van der Waals surface area contributed by atoms with Gasteiger partial charge in [-0.1, -0.05) is 0 Å². The van der Waals surface area contributed by atoms with Crippen molar-refractivity contribution in [2.75, 3.05) is 32.6 Å². The van der Waals surface area contributed by atoms with Gasteiger partial charge in [0.2, 0.25) is 11.8 Å². The summed E-state index contributed by atoms with van der Waals surface area (Å²) in [7, 11) is 2.92. The van der Waals surface area contributed by atoms with E-state index in [0.29, 0.717) is 11.3 Å². The number of esters is 1. The van der Waals surface area contributed by atoms with Gasteiger partial charge >= 0.3 is 5.97 Å². The maximum atomic E-state index is 12.0. The molecule has 0 saturated heterocycles. The topological polar surface area (TPSA) is 87.7 Å². The zero-order chi connectivity index (χ0) is 16.8. The summed E-state index contributed by atoms with van der Waals surface area (Å²) in [4.78, 5) is 36.3. The van der Waals surface area contributed by atoms with Crippen molar-refractivity contribution in [1.29, 1.82) is 0 Å². The van der Waals surface area contributed by atoms with Crippen molar-refractivity contribution in [2.45, 2.75) is 18.9 Å². The first kappa shape index (κ1) is 16.8. The Morgan fingerprint density at radius 2 is 1.87 bits per heavy atom. The highest BCUT2D eigenvalue weighted by atomic mass is 16.5. The second-order valence-electron chi connectivity index (χ2n) is 5.51. The number of methoxy groups -OCH3 is 1. The summed E-state index contributed by atoms with van der Waals surface area (Å²) in [5.74, 6) is -0.729. The molecule has 7 nitrogen and oxygen atoms in total. The first-order valence-electron chi connectivity index (χ1n) is 7.45. The highest BCUT2D eigenvalue weighted by Gasteiger charge is 2.24. The molecule has 0 aliphatic heterocycles. The van der Waals surface area contributed by atoms with Gasteiger partial charge in [0.1, 0.15) is 0 Å². The number of hydrogen-bond acceptors (Lipinski definition) is 5. The van der Waals surface area contributed by atoms with Crippen molar-refractivity contribution in [2.24, 2.45) is 0 Å². The van der Waals surface area contributed by atoms with E-state index in [1.54, 1.807) is 31.3 Å². The third-order valence-corrected chi connectivity index (χ3v) is 3.50.